The Labute approximate surface area is 135 Å². The van der Waals surface area contributed by atoms with Crippen LogP contribution in [0.25, 0.3) is 16.9 Å². The SMILES string of the molecule is Oc1cccc(-c2nc3ccccn3c2NC2CCCCC2)c1. The molecular weight excluding hydrogens is 286 g/mol. The number of aromatic hydroxyl groups is 1. The van der Waals surface area contributed by atoms with Gasteiger partial charge in [0.05, 0.1) is 0 Å². The van der Waals surface area contributed by atoms with E-state index >= 15 is 0 Å². The summed E-state index contributed by atoms with van der Waals surface area (Å²) in [4.78, 5) is 4.78. The van der Waals surface area contributed by atoms with Crippen molar-refractivity contribution < 1.29 is 5.11 Å². The van der Waals surface area contributed by atoms with E-state index < -0.39 is 0 Å². The van der Waals surface area contributed by atoms with Gasteiger partial charge in [-0.05, 0) is 37.1 Å². The van der Waals surface area contributed by atoms with E-state index in [9.17, 15) is 5.11 Å². The molecule has 2 aromatic heterocycles. The maximum Gasteiger partial charge on any atom is 0.139 e. The number of imidazole rings is 1. The smallest absolute Gasteiger partial charge is 0.139 e. The summed E-state index contributed by atoms with van der Waals surface area (Å²) < 4.78 is 2.11. The van der Waals surface area contributed by atoms with Crippen molar-refractivity contribution >= 4 is 11.5 Å². The van der Waals surface area contributed by atoms with Crippen molar-refractivity contribution in [1.82, 2.24) is 9.38 Å². The number of aromatic nitrogens is 2. The monoisotopic (exact) mass is 307 g/mol. The van der Waals surface area contributed by atoms with Crippen molar-refractivity contribution in [3.05, 3.63) is 48.7 Å². The molecule has 4 heteroatoms. The highest BCUT2D eigenvalue weighted by molar-refractivity contribution is 5.77. The van der Waals surface area contributed by atoms with Crippen LogP contribution < -0.4 is 5.32 Å². The highest BCUT2D eigenvalue weighted by atomic mass is 16.3. The standard InChI is InChI=1S/C19H21N3O/c23-16-10-6-7-14(13-16)18-19(20-15-8-2-1-3-9-15)22-12-5-4-11-17(22)21-18/h4-7,10-13,15,20,23H,1-3,8-9H2. The zero-order chi connectivity index (χ0) is 15.6. The Morgan fingerprint density at radius 3 is 2.74 bits per heavy atom. The molecule has 1 aromatic carbocycles. The Bertz CT molecular complexity index is 818. The lowest BCUT2D eigenvalue weighted by Gasteiger charge is -2.24. The van der Waals surface area contributed by atoms with Gasteiger partial charge in [0.2, 0.25) is 0 Å². The lowest BCUT2D eigenvalue weighted by molar-refractivity contribution is 0.461. The zero-order valence-electron chi connectivity index (χ0n) is 13.1. The molecule has 2 N–H and O–H groups in total. The van der Waals surface area contributed by atoms with Gasteiger partial charge >= 0.3 is 0 Å². The van der Waals surface area contributed by atoms with Crippen LogP contribution in [0.15, 0.2) is 48.7 Å². The number of hydrogen-bond donors (Lipinski definition) is 2. The molecule has 0 radical (unpaired) electrons. The van der Waals surface area contributed by atoms with Gasteiger partial charge in [-0.2, -0.15) is 0 Å². The van der Waals surface area contributed by atoms with E-state index in [0.717, 1.165) is 22.7 Å². The van der Waals surface area contributed by atoms with Gasteiger partial charge in [0.15, 0.2) is 0 Å². The van der Waals surface area contributed by atoms with Gasteiger partial charge in [-0.15, -0.1) is 0 Å². The maximum absolute atomic E-state index is 9.81. The van der Waals surface area contributed by atoms with Crippen LogP contribution in [-0.4, -0.2) is 20.5 Å². The third-order valence-corrected chi connectivity index (χ3v) is 4.60. The first kappa shape index (κ1) is 14.1. The lowest BCUT2D eigenvalue weighted by atomic mass is 9.95. The van der Waals surface area contributed by atoms with E-state index in [0.29, 0.717) is 6.04 Å². The lowest BCUT2D eigenvalue weighted by Crippen LogP contribution is -2.23. The van der Waals surface area contributed by atoms with E-state index in [4.69, 9.17) is 4.98 Å². The molecule has 1 saturated carbocycles. The molecule has 0 aliphatic heterocycles. The summed E-state index contributed by atoms with van der Waals surface area (Å²) in [6.45, 7) is 0. The molecule has 0 saturated heterocycles. The van der Waals surface area contributed by atoms with Crippen LogP contribution in [-0.2, 0) is 0 Å². The second kappa shape index (κ2) is 5.95. The summed E-state index contributed by atoms with van der Waals surface area (Å²) in [5.74, 6) is 1.29. The minimum atomic E-state index is 0.267. The number of pyridine rings is 1. The fourth-order valence-corrected chi connectivity index (χ4v) is 3.43. The fraction of sp³-hybridized carbons (Fsp3) is 0.316. The molecule has 118 valence electrons. The van der Waals surface area contributed by atoms with Gasteiger partial charge in [0, 0.05) is 17.8 Å². The second-order valence-corrected chi connectivity index (χ2v) is 6.27. The Kier molecular flexibility index (Phi) is 3.66. The van der Waals surface area contributed by atoms with Gasteiger partial charge in [-0.3, -0.25) is 4.40 Å². The largest absolute Gasteiger partial charge is 0.508 e. The van der Waals surface area contributed by atoms with Crippen LogP contribution in [0.2, 0.25) is 0 Å². The molecular formula is C19H21N3O. The number of hydrogen-bond acceptors (Lipinski definition) is 3. The average molecular weight is 307 g/mol. The first-order valence-electron chi connectivity index (χ1n) is 8.34. The van der Waals surface area contributed by atoms with Crippen LogP contribution in [0.3, 0.4) is 0 Å². The van der Waals surface area contributed by atoms with E-state index in [1.807, 2.05) is 36.5 Å². The van der Waals surface area contributed by atoms with Crippen molar-refractivity contribution in [1.29, 1.82) is 0 Å². The molecule has 0 unspecified atom stereocenters. The van der Waals surface area contributed by atoms with Crippen molar-refractivity contribution in [3.8, 4) is 17.0 Å². The second-order valence-electron chi connectivity index (χ2n) is 6.27. The van der Waals surface area contributed by atoms with Crippen molar-refractivity contribution in [3.63, 3.8) is 0 Å². The van der Waals surface area contributed by atoms with Crippen LogP contribution in [0.5, 0.6) is 5.75 Å². The van der Waals surface area contributed by atoms with Crippen LogP contribution >= 0.6 is 0 Å². The molecule has 23 heavy (non-hydrogen) atoms. The van der Waals surface area contributed by atoms with Gasteiger partial charge in [0.25, 0.3) is 0 Å². The minimum Gasteiger partial charge on any atom is -0.508 e. The summed E-state index contributed by atoms with van der Waals surface area (Å²) >= 11 is 0. The molecule has 0 bridgehead atoms. The van der Waals surface area contributed by atoms with Crippen LogP contribution in [0, 0.1) is 0 Å². The van der Waals surface area contributed by atoms with Gasteiger partial charge in [-0.25, -0.2) is 4.98 Å². The molecule has 0 spiro atoms. The molecule has 0 amide bonds. The summed E-state index contributed by atoms with van der Waals surface area (Å²) in [5, 5.41) is 13.5. The maximum atomic E-state index is 9.81. The minimum absolute atomic E-state index is 0.267. The third kappa shape index (κ3) is 2.77. The van der Waals surface area contributed by atoms with Crippen molar-refractivity contribution in [2.45, 2.75) is 38.1 Å². The normalized spacial score (nSPS) is 15.8. The van der Waals surface area contributed by atoms with Crippen molar-refractivity contribution in [2.24, 2.45) is 0 Å². The zero-order valence-corrected chi connectivity index (χ0v) is 13.1. The predicted molar refractivity (Wildman–Crippen MR) is 92.8 cm³/mol. The predicted octanol–water partition coefficient (Wildman–Crippen LogP) is 4.45. The topological polar surface area (TPSA) is 49.6 Å². The van der Waals surface area contributed by atoms with Crippen LogP contribution in [0.1, 0.15) is 32.1 Å². The highest BCUT2D eigenvalue weighted by Gasteiger charge is 2.19. The van der Waals surface area contributed by atoms with Crippen molar-refractivity contribution in [2.75, 3.05) is 5.32 Å². The number of phenolic OH excluding ortho intramolecular Hbond substituents is 1. The Hall–Kier alpha value is -2.49. The Balaban J connectivity index is 1.80. The quantitative estimate of drug-likeness (QED) is 0.751. The fourth-order valence-electron chi connectivity index (χ4n) is 3.43. The number of rotatable bonds is 3. The van der Waals surface area contributed by atoms with E-state index in [2.05, 4.69) is 9.72 Å². The summed E-state index contributed by atoms with van der Waals surface area (Å²) in [6.07, 6.45) is 8.37. The molecule has 1 aliphatic rings. The van der Waals surface area contributed by atoms with Gasteiger partial charge in [-0.1, -0.05) is 37.5 Å². The summed E-state index contributed by atoms with van der Waals surface area (Å²) in [7, 11) is 0. The summed E-state index contributed by atoms with van der Waals surface area (Å²) in [5.41, 5.74) is 2.76. The number of anilines is 1. The van der Waals surface area contributed by atoms with E-state index in [1.165, 1.54) is 32.1 Å². The molecule has 1 fully saturated rings. The van der Waals surface area contributed by atoms with Crippen LogP contribution in [0.4, 0.5) is 5.82 Å². The molecule has 4 nitrogen and oxygen atoms in total. The van der Waals surface area contributed by atoms with Gasteiger partial charge < -0.3 is 10.4 Å². The molecule has 1 aliphatic carbocycles. The number of nitrogens with zero attached hydrogens (tertiary/aromatic N) is 2. The number of nitrogens with one attached hydrogen (secondary N) is 1. The molecule has 4 rings (SSSR count). The average Bonchev–Trinajstić information content (AvgIpc) is 2.95. The number of phenols is 1. The molecule has 3 aromatic rings. The first-order valence-corrected chi connectivity index (χ1v) is 8.34. The number of benzene rings is 1. The molecule has 2 heterocycles. The van der Waals surface area contributed by atoms with Gasteiger partial charge in [0.1, 0.15) is 22.9 Å². The molecule has 0 atom stereocenters. The first-order chi connectivity index (χ1) is 11.3. The van der Waals surface area contributed by atoms with E-state index in [-0.39, 0.29) is 5.75 Å². The number of fused-ring (bicyclic) bond motifs is 1. The highest BCUT2D eigenvalue weighted by Crippen LogP contribution is 2.32. The Morgan fingerprint density at radius 2 is 1.91 bits per heavy atom. The third-order valence-electron chi connectivity index (χ3n) is 4.60. The Morgan fingerprint density at radius 1 is 1.04 bits per heavy atom. The van der Waals surface area contributed by atoms with E-state index in [1.54, 1.807) is 12.1 Å². The summed E-state index contributed by atoms with van der Waals surface area (Å²) in [6, 6.07) is 13.8.